The molecule has 1 aromatic rings. The molecule has 1 rings (SSSR count). The van der Waals surface area contributed by atoms with Crippen molar-refractivity contribution in [2.45, 2.75) is 0 Å². The molecule has 1 aromatic carbocycles. The van der Waals surface area contributed by atoms with Gasteiger partial charge in [-0.3, -0.25) is 0 Å². The first-order valence-electron chi connectivity index (χ1n) is 2.92. The Kier molecular flexibility index (Phi) is 1.71. The maximum Gasteiger partial charge on any atom is 0.146 e. The quantitative estimate of drug-likeness (QED) is 0.589. The summed E-state index contributed by atoms with van der Waals surface area (Å²) in [6.45, 7) is 3.49. The molecule has 2 heteroatoms. The third-order valence-corrected chi connectivity index (χ3v) is 1.31. The van der Waals surface area contributed by atoms with Gasteiger partial charge in [0.2, 0.25) is 0 Å². The monoisotopic (exact) mass is 137 g/mol. The molecule has 0 aromatic heterocycles. The predicted molar refractivity (Wildman–Crippen MR) is 40.9 cm³/mol. The van der Waals surface area contributed by atoms with Crippen LogP contribution in [0.4, 0.5) is 10.1 Å². The fourth-order valence-electron chi connectivity index (χ4n) is 0.732. The molecule has 0 amide bonds. The van der Waals surface area contributed by atoms with Crippen LogP contribution < -0.4 is 5.73 Å². The zero-order valence-corrected chi connectivity index (χ0v) is 5.47. The van der Waals surface area contributed by atoms with Gasteiger partial charge in [-0.1, -0.05) is 24.8 Å². The largest absolute Gasteiger partial charge is 0.396 e. The first-order chi connectivity index (χ1) is 4.75. The van der Waals surface area contributed by atoms with Gasteiger partial charge in [0.15, 0.2) is 0 Å². The van der Waals surface area contributed by atoms with Gasteiger partial charge in [0.1, 0.15) is 5.82 Å². The van der Waals surface area contributed by atoms with Crippen LogP contribution >= 0.6 is 0 Å². The Morgan fingerprint density at radius 3 is 2.70 bits per heavy atom. The second kappa shape index (κ2) is 2.52. The summed E-state index contributed by atoms with van der Waals surface area (Å²) in [5.41, 5.74) is 6.15. The minimum atomic E-state index is -0.391. The molecule has 0 fully saturated rings. The molecule has 0 aliphatic heterocycles. The van der Waals surface area contributed by atoms with Crippen LogP contribution in [0.25, 0.3) is 6.08 Å². The zero-order chi connectivity index (χ0) is 7.56. The summed E-state index contributed by atoms with van der Waals surface area (Å²) in [6.07, 6.45) is 1.53. The van der Waals surface area contributed by atoms with E-state index in [4.69, 9.17) is 5.73 Å². The highest BCUT2D eigenvalue weighted by Crippen LogP contribution is 2.15. The molecule has 52 valence electrons. The number of hydrogen-bond donors (Lipinski definition) is 1. The molecule has 1 nitrogen and oxygen atoms in total. The highest BCUT2D eigenvalue weighted by molar-refractivity contribution is 5.63. The van der Waals surface area contributed by atoms with E-state index in [0.29, 0.717) is 5.56 Å². The van der Waals surface area contributed by atoms with E-state index in [1.54, 1.807) is 12.1 Å². The smallest absolute Gasteiger partial charge is 0.146 e. The second-order valence-corrected chi connectivity index (χ2v) is 1.95. The molecule has 0 radical (unpaired) electrons. The Labute approximate surface area is 59.0 Å². The number of nitrogens with two attached hydrogens (primary N) is 1. The van der Waals surface area contributed by atoms with E-state index in [9.17, 15) is 4.39 Å². The number of hydrogen-bond acceptors (Lipinski definition) is 1. The van der Waals surface area contributed by atoms with Gasteiger partial charge in [-0.25, -0.2) is 4.39 Å². The molecule has 10 heavy (non-hydrogen) atoms. The average molecular weight is 137 g/mol. The highest BCUT2D eigenvalue weighted by atomic mass is 19.1. The molecule has 0 spiro atoms. The second-order valence-electron chi connectivity index (χ2n) is 1.95. The number of rotatable bonds is 1. The lowest BCUT2D eigenvalue weighted by Gasteiger charge is -1.98. The van der Waals surface area contributed by atoms with E-state index in [1.165, 1.54) is 12.1 Å². The van der Waals surface area contributed by atoms with Crippen LogP contribution in [0, 0.1) is 5.82 Å². The van der Waals surface area contributed by atoms with E-state index in [0.717, 1.165) is 0 Å². The molecule has 0 aliphatic rings. The Morgan fingerprint density at radius 1 is 1.50 bits per heavy atom. The summed E-state index contributed by atoms with van der Waals surface area (Å²) in [6, 6.07) is 4.64. The summed E-state index contributed by atoms with van der Waals surface area (Å²) in [5.74, 6) is -0.391. The minimum Gasteiger partial charge on any atom is -0.396 e. The summed E-state index contributed by atoms with van der Waals surface area (Å²) >= 11 is 0. The van der Waals surface area contributed by atoms with Gasteiger partial charge in [-0.05, 0) is 11.6 Å². The fraction of sp³-hybridized carbons (Fsp3) is 0. The van der Waals surface area contributed by atoms with Gasteiger partial charge in [0.25, 0.3) is 0 Å². The summed E-state index contributed by atoms with van der Waals surface area (Å²) in [5, 5.41) is 0. The number of anilines is 1. The van der Waals surface area contributed by atoms with Crippen molar-refractivity contribution in [1.82, 2.24) is 0 Å². The van der Waals surface area contributed by atoms with Crippen molar-refractivity contribution in [1.29, 1.82) is 0 Å². The maximum absolute atomic E-state index is 12.6. The topological polar surface area (TPSA) is 26.0 Å². The van der Waals surface area contributed by atoms with Crippen molar-refractivity contribution in [3.8, 4) is 0 Å². The van der Waals surface area contributed by atoms with E-state index in [-0.39, 0.29) is 5.69 Å². The van der Waals surface area contributed by atoms with Crippen LogP contribution in [0.15, 0.2) is 24.8 Å². The van der Waals surface area contributed by atoms with Gasteiger partial charge in [0, 0.05) is 0 Å². The molecule has 2 N–H and O–H groups in total. The van der Waals surface area contributed by atoms with Crippen molar-refractivity contribution in [3.05, 3.63) is 36.2 Å². The van der Waals surface area contributed by atoms with Crippen molar-refractivity contribution in [2.75, 3.05) is 5.73 Å². The molecular weight excluding hydrogens is 129 g/mol. The molecule has 0 atom stereocenters. The van der Waals surface area contributed by atoms with Gasteiger partial charge in [-0.15, -0.1) is 0 Å². The Bertz CT molecular complexity index is 255. The van der Waals surface area contributed by atoms with E-state index in [1.807, 2.05) is 0 Å². The van der Waals surface area contributed by atoms with Gasteiger partial charge in [-0.2, -0.15) is 0 Å². The third-order valence-electron chi connectivity index (χ3n) is 1.31. The summed E-state index contributed by atoms with van der Waals surface area (Å²) in [4.78, 5) is 0. The van der Waals surface area contributed by atoms with Crippen LogP contribution in [0.3, 0.4) is 0 Å². The van der Waals surface area contributed by atoms with Crippen LogP contribution in [0.1, 0.15) is 5.56 Å². The summed E-state index contributed by atoms with van der Waals surface area (Å²) < 4.78 is 12.6. The van der Waals surface area contributed by atoms with E-state index in [2.05, 4.69) is 6.58 Å². The molecule has 0 aliphatic carbocycles. The molecule has 0 saturated carbocycles. The third kappa shape index (κ3) is 1.00. The lowest BCUT2D eigenvalue weighted by molar-refractivity contribution is 0.632. The van der Waals surface area contributed by atoms with Gasteiger partial charge >= 0.3 is 0 Å². The molecule has 0 heterocycles. The number of benzene rings is 1. The highest BCUT2D eigenvalue weighted by Gasteiger charge is 1.98. The number of halogens is 1. The van der Waals surface area contributed by atoms with Crippen LogP contribution in [-0.4, -0.2) is 0 Å². The van der Waals surface area contributed by atoms with Crippen LogP contribution in [0.2, 0.25) is 0 Å². The maximum atomic E-state index is 12.6. The first kappa shape index (κ1) is 6.81. The fourth-order valence-corrected chi connectivity index (χ4v) is 0.732. The van der Waals surface area contributed by atoms with Crippen molar-refractivity contribution < 1.29 is 4.39 Å². The van der Waals surface area contributed by atoms with Crippen LogP contribution in [0.5, 0.6) is 0 Å². The summed E-state index contributed by atoms with van der Waals surface area (Å²) in [7, 11) is 0. The van der Waals surface area contributed by atoms with Crippen LogP contribution in [-0.2, 0) is 0 Å². The Morgan fingerprint density at radius 2 is 2.20 bits per heavy atom. The first-order valence-corrected chi connectivity index (χ1v) is 2.92. The predicted octanol–water partition coefficient (Wildman–Crippen LogP) is 2.05. The molecule has 0 saturated heterocycles. The lowest BCUT2D eigenvalue weighted by Crippen LogP contribution is -1.92. The molecular formula is C8H8FN. The lowest BCUT2D eigenvalue weighted by atomic mass is 10.2. The standard InChI is InChI=1S/C8H8FN/c1-2-6-4-3-5-7(9)8(6)10/h2-5H,1,10H2. The SMILES string of the molecule is C=Cc1cccc(F)c1N. The average Bonchev–Trinajstić information content (AvgIpc) is 1.95. The Balaban J connectivity index is 3.27. The van der Waals surface area contributed by atoms with Gasteiger partial charge in [0.05, 0.1) is 5.69 Å². The van der Waals surface area contributed by atoms with Crippen molar-refractivity contribution >= 4 is 11.8 Å². The molecule has 0 unspecified atom stereocenters. The zero-order valence-electron chi connectivity index (χ0n) is 5.47. The minimum absolute atomic E-state index is 0.164. The number of para-hydroxylation sites is 1. The van der Waals surface area contributed by atoms with Gasteiger partial charge < -0.3 is 5.73 Å². The van der Waals surface area contributed by atoms with E-state index < -0.39 is 5.82 Å². The molecule has 0 bridgehead atoms. The normalized spacial score (nSPS) is 9.30. The number of nitrogen functional groups attached to an aromatic ring is 1. The van der Waals surface area contributed by atoms with Crippen molar-refractivity contribution in [3.63, 3.8) is 0 Å². The Hall–Kier alpha value is -1.31. The van der Waals surface area contributed by atoms with Crippen molar-refractivity contribution in [2.24, 2.45) is 0 Å². The van der Waals surface area contributed by atoms with E-state index >= 15 is 0 Å².